The van der Waals surface area contributed by atoms with Gasteiger partial charge in [-0.05, 0) is 28.1 Å². The lowest BCUT2D eigenvalue weighted by Crippen LogP contribution is -2.19. The molecule has 0 heterocycles. The van der Waals surface area contributed by atoms with E-state index in [4.69, 9.17) is 10.8 Å². The molecule has 0 unspecified atom stereocenters. The minimum atomic E-state index is -4.71. The number of alkyl halides is 3. The number of hydrogen-bond acceptors (Lipinski definition) is 3. The van der Waals surface area contributed by atoms with E-state index in [-0.39, 0.29) is 4.47 Å². The average Bonchev–Trinajstić information content (AvgIpc) is 2.18. The van der Waals surface area contributed by atoms with Gasteiger partial charge in [0.05, 0.1) is 16.6 Å². The van der Waals surface area contributed by atoms with Crippen molar-refractivity contribution in [2.24, 2.45) is 5.73 Å². The number of carbonyl (C=O) groups excluding carboxylic acids is 1. The van der Waals surface area contributed by atoms with Crippen LogP contribution in [0.4, 0.5) is 13.2 Å². The highest BCUT2D eigenvalue weighted by atomic mass is 79.9. The van der Waals surface area contributed by atoms with E-state index in [0.29, 0.717) is 6.07 Å². The molecule has 88 valence electrons. The molecule has 0 spiro atoms. The van der Waals surface area contributed by atoms with Gasteiger partial charge in [0.25, 0.3) is 0 Å². The first kappa shape index (κ1) is 13.0. The smallest absolute Gasteiger partial charge is 0.417 e. The van der Waals surface area contributed by atoms with Crippen molar-refractivity contribution in [1.82, 2.24) is 0 Å². The summed E-state index contributed by atoms with van der Waals surface area (Å²) in [5.41, 5.74) is 3.26. The molecule has 0 radical (unpaired) electrons. The standard InChI is InChI=1S/C9H7BrF3NO2/c10-6-1-4(8(16)3-14)5(2-7(6)15)9(11,12)13/h1-2,15H,3,14H2. The topological polar surface area (TPSA) is 63.3 Å². The van der Waals surface area contributed by atoms with E-state index < -0.39 is 35.4 Å². The normalized spacial score (nSPS) is 11.6. The van der Waals surface area contributed by atoms with Gasteiger partial charge in [0.2, 0.25) is 0 Å². The molecular weight excluding hydrogens is 291 g/mol. The van der Waals surface area contributed by atoms with Gasteiger partial charge in [0.1, 0.15) is 5.75 Å². The van der Waals surface area contributed by atoms with Crippen molar-refractivity contribution in [3.8, 4) is 5.75 Å². The van der Waals surface area contributed by atoms with Gasteiger partial charge >= 0.3 is 6.18 Å². The van der Waals surface area contributed by atoms with Gasteiger partial charge in [-0.15, -0.1) is 0 Å². The van der Waals surface area contributed by atoms with Gasteiger partial charge < -0.3 is 10.8 Å². The maximum absolute atomic E-state index is 12.5. The fourth-order valence-electron chi connectivity index (χ4n) is 1.14. The van der Waals surface area contributed by atoms with Crippen LogP contribution in [-0.4, -0.2) is 17.4 Å². The molecule has 1 aromatic rings. The Morgan fingerprint density at radius 3 is 2.44 bits per heavy atom. The van der Waals surface area contributed by atoms with E-state index in [1.54, 1.807) is 0 Å². The molecule has 0 amide bonds. The SMILES string of the molecule is NCC(=O)c1cc(Br)c(O)cc1C(F)(F)F. The Balaban J connectivity index is 3.45. The zero-order valence-electron chi connectivity index (χ0n) is 7.81. The Morgan fingerprint density at radius 1 is 1.44 bits per heavy atom. The first-order valence-electron chi connectivity index (χ1n) is 4.10. The minimum absolute atomic E-state index is 0.0114. The maximum Gasteiger partial charge on any atom is 0.417 e. The van der Waals surface area contributed by atoms with E-state index in [2.05, 4.69) is 15.9 Å². The van der Waals surface area contributed by atoms with Crippen molar-refractivity contribution < 1.29 is 23.1 Å². The van der Waals surface area contributed by atoms with E-state index in [1.165, 1.54) is 0 Å². The molecule has 0 atom stereocenters. The third kappa shape index (κ3) is 2.53. The lowest BCUT2D eigenvalue weighted by atomic mass is 10.0. The van der Waals surface area contributed by atoms with Gasteiger partial charge in [-0.2, -0.15) is 13.2 Å². The summed E-state index contributed by atoms with van der Waals surface area (Å²) in [5.74, 6) is -1.42. The summed E-state index contributed by atoms with van der Waals surface area (Å²) in [5, 5.41) is 9.15. The first-order chi connectivity index (χ1) is 7.27. The summed E-state index contributed by atoms with van der Waals surface area (Å²) in [6.07, 6.45) is -4.71. The zero-order valence-corrected chi connectivity index (χ0v) is 9.39. The van der Waals surface area contributed by atoms with Crippen LogP contribution in [0.3, 0.4) is 0 Å². The number of halogens is 4. The molecule has 16 heavy (non-hydrogen) atoms. The quantitative estimate of drug-likeness (QED) is 0.824. The van der Waals surface area contributed by atoms with Gasteiger partial charge in [-0.3, -0.25) is 4.79 Å². The average molecular weight is 298 g/mol. The number of hydrogen-bond donors (Lipinski definition) is 2. The lowest BCUT2D eigenvalue weighted by molar-refractivity contribution is -0.138. The number of ketones is 1. The van der Waals surface area contributed by atoms with Crippen LogP contribution >= 0.6 is 15.9 Å². The van der Waals surface area contributed by atoms with Crippen LogP contribution in [0.5, 0.6) is 5.75 Å². The Hall–Kier alpha value is -1.08. The monoisotopic (exact) mass is 297 g/mol. The summed E-state index contributed by atoms with van der Waals surface area (Å²) >= 11 is 2.83. The molecule has 0 aliphatic heterocycles. The molecule has 7 heteroatoms. The van der Waals surface area contributed by atoms with Crippen LogP contribution in [0.2, 0.25) is 0 Å². The van der Waals surface area contributed by atoms with E-state index >= 15 is 0 Å². The molecular formula is C9H7BrF3NO2. The number of nitrogens with two attached hydrogens (primary N) is 1. The van der Waals surface area contributed by atoms with Crippen LogP contribution in [-0.2, 0) is 6.18 Å². The highest BCUT2D eigenvalue weighted by molar-refractivity contribution is 9.10. The van der Waals surface area contributed by atoms with Gasteiger partial charge in [0.15, 0.2) is 5.78 Å². The highest BCUT2D eigenvalue weighted by Crippen LogP contribution is 2.37. The molecule has 0 saturated heterocycles. The fraction of sp³-hybridized carbons (Fsp3) is 0.222. The molecule has 0 aromatic heterocycles. The third-order valence-corrected chi connectivity index (χ3v) is 2.51. The predicted molar refractivity (Wildman–Crippen MR) is 54.2 cm³/mol. The maximum atomic E-state index is 12.5. The molecule has 1 rings (SSSR count). The van der Waals surface area contributed by atoms with E-state index in [0.717, 1.165) is 6.07 Å². The van der Waals surface area contributed by atoms with E-state index in [1.807, 2.05) is 0 Å². The van der Waals surface area contributed by atoms with Crippen molar-refractivity contribution >= 4 is 21.7 Å². The minimum Gasteiger partial charge on any atom is -0.507 e. The molecule has 3 N–H and O–H groups in total. The molecule has 1 aromatic carbocycles. The Labute approximate surface area is 97.2 Å². The Morgan fingerprint density at radius 2 is 2.00 bits per heavy atom. The second kappa shape index (κ2) is 4.42. The summed E-state index contributed by atoms with van der Waals surface area (Å²) in [6.45, 7) is -0.527. The van der Waals surface area contributed by atoms with Gasteiger partial charge in [-0.25, -0.2) is 0 Å². The zero-order chi connectivity index (χ0) is 12.5. The number of phenolic OH excluding ortho intramolecular Hbond substituents is 1. The predicted octanol–water partition coefficient (Wildman–Crippen LogP) is 2.31. The van der Waals surface area contributed by atoms with Crippen molar-refractivity contribution in [1.29, 1.82) is 0 Å². The molecule has 0 fully saturated rings. The van der Waals surface area contributed by atoms with Crippen molar-refractivity contribution in [3.63, 3.8) is 0 Å². The molecule has 0 aliphatic rings. The number of Topliss-reactive ketones (excluding diaryl/α,β-unsaturated/α-hetero) is 1. The fourth-order valence-corrected chi connectivity index (χ4v) is 1.48. The second-order valence-corrected chi connectivity index (χ2v) is 3.83. The number of phenols is 1. The molecule has 0 aliphatic carbocycles. The number of rotatable bonds is 2. The largest absolute Gasteiger partial charge is 0.507 e. The van der Waals surface area contributed by atoms with Crippen LogP contribution in [0.15, 0.2) is 16.6 Å². The summed E-state index contributed by atoms with van der Waals surface area (Å²) < 4.78 is 37.6. The number of carbonyl (C=O) groups is 1. The Kier molecular flexibility index (Phi) is 3.59. The van der Waals surface area contributed by atoms with Crippen LogP contribution in [0.1, 0.15) is 15.9 Å². The summed E-state index contributed by atoms with van der Waals surface area (Å²) in [4.78, 5) is 11.2. The second-order valence-electron chi connectivity index (χ2n) is 2.97. The van der Waals surface area contributed by atoms with Crippen LogP contribution in [0.25, 0.3) is 0 Å². The third-order valence-electron chi connectivity index (χ3n) is 1.88. The van der Waals surface area contributed by atoms with Gasteiger partial charge in [-0.1, -0.05) is 0 Å². The summed E-state index contributed by atoms with van der Waals surface area (Å²) in [6, 6.07) is 1.40. The van der Waals surface area contributed by atoms with E-state index in [9.17, 15) is 18.0 Å². The van der Waals surface area contributed by atoms with Crippen molar-refractivity contribution in [3.05, 3.63) is 27.7 Å². The van der Waals surface area contributed by atoms with Crippen LogP contribution in [0, 0.1) is 0 Å². The Bertz CT molecular complexity index is 431. The number of benzene rings is 1. The molecule has 0 saturated carbocycles. The highest BCUT2D eigenvalue weighted by Gasteiger charge is 2.35. The molecule has 3 nitrogen and oxygen atoms in total. The molecule has 0 bridgehead atoms. The summed E-state index contributed by atoms with van der Waals surface area (Å²) in [7, 11) is 0. The lowest BCUT2D eigenvalue weighted by Gasteiger charge is -2.12. The van der Waals surface area contributed by atoms with Crippen molar-refractivity contribution in [2.45, 2.75) is 6.18 Å². The van der Waals surface area contributed by atoms with Crippen LogP contribution < -0.4 is 5.73 Å². The first-order valence-corrected chi connectivity index (χ1v) is 4.89. The van der Waals surface area contributed by atoms with Crippen molar-refractivity contribution in [2.75, 3.05) is 6.54 Å². The number of aromatic hydroxyl groups is 1. The van der Waals surface area contributed by atoms with Gasteiger partial charge in [0, 0.05) is 5.56 Å².